The van der Waals surface area contributed by atoms with Crippen LogP contribution in [0.15, 0.2) is 36.4 Å². The predicted molar refractivity (Wildman–Crippen MR) is 78.1 cm³/mol. The van der Waals surface area contributed by atoms with Gasteiger partial charge < -0.3 is 15.2 Å². The van der Waals surface area contributed by atoms with Crippen LogP contribution in [0.4, 0.5) is 10.1 Å². The second kappa shape index (κ2) is 6.01. The second-order valence-electron chi connectivity index (χ2n) is 4.41. The highest BCUT2D eigenvalue weighted by Gasteiger charge is 2.13. The molecule has 0 amide bonds. The number of hydrogen-bond donors (Lipinski definition) is 2. The maximum atomic E-state index is 13.7. The molecular weight excluding hydrogens is 281 g/mol. The Hall–Kier alpha value is -1.94. The first-order valence-electron chi connectivity index (χ1n) is 6.09. The number of rotatable bonds is 4. The summed E-state index contributed by atoms with van der Waals surface area (Å²) in [6.07, 6.45) is 0. The summed E-state index contributed by atoms with van der Waals surface area (Å²) < 4.78 is 18.7. The number of aromatic hydroxyl groups is 1. The zero-order chi connectivity index (χ0) is 14.7. The van der Waals surface area contributed by atoms with Crippen LogP contribution in [0, 0.1) is 5.82 Å². The van der Waals surface area contributed by atoms with Crippen LogP contribution in [-0.2, 0) is 0 Å². The monoisotopic (exact) mass is 295 g/mol. The average molecular weight is 296 g/mol. The minimum atomic E-state index is -0.394. The summed E-state index contributed by atoms with van der Waals surface area (Å²) >= 11 is 5.84. The fraction of sp³-hybridized carbons (Fsp3) is 0.200. The zero-order valence-electron chi connectivity index (χ0n) is 11.2. The number of methoxy groups -OCH3 is 1. The fourth-order valence-corrected chi connectivity index (χ4v) is 2.11. The normalized spacial score (nSPS) is 12.0. The highest BCUT2D eigenvalue weighted by atomic mass is 35.5. The van der Waals surface area contributed by atoms with Gasteiger partial charge >= 0.3 is 0 Å². The van der Waals surface area contributed by atoms with Gasteiger partial charge in [-0.25, -0.2) is 4.39 Å². The van der Waals surface area contributed by atoms with Crippen molar-refractivity contribution >= 4 is 17.3 Å². The topological polar surface area (TPSA) is 41.5 Å². The quantitative estimate of drug-likeness (QED) is 0.880. The van der Waals surface area contributed by atoms with Gasteiger partial charge in [-0.05, 0) is 37.3 Å². The van der Waals surface area contributed by atoms with Gasteiger partial charge in [0.2, 0.25) is 0 Å². The van der Waals surface area contributed by atoms with E-state index in [0.717, 1.165) is 0 Å². The summed E-state index contributed by atoms with van der Waals surface area (Å²) in [6.45, 7) is 1.82. The Labute approximate surface area is 122 Å². The Kier molecular flexibility index (Phi) is 4.35. The lowest BCUT2D eigenvalue weighted by atomic mass is 10.1. The Morgan fingerprint density at radius 3 is 2.65 bits per heavy atom. The van der Waals surface area contributed by atoms with Crippen molar-refractivity contribution in [3.05, 3.63) is 52.8 Å². The SMILES string of the molecule is COc1ccc(C(C)Nc2cc(Cl)ccc2F)c(O)c1. The third kappa shape index (κ3) is 3.14. The number of halogens is 2. The largest absolute Gasteiger partial charge is 0.507 e. The highest BCUT2D eigenvalue weighted by Crippen LogP contribution is 2.31. The Balaban J connectivity index is 2.23. The van der Waals surface area contributed by atoms with Gasteiger partial charge in [0.15, 0.2) is 0 Å². The van der Waals surface area contributed by atoms with Crippen molar-refractivity contribution in [1.82, 2.24) is 0 Å². The fourth-order valence-electron chi connectivity index (χ4n) is 1.94. The molecule has 0 radical (unpaired) electrons. The van der Waals surface area contributed by atoms with Crippen LogP contribution in [0.1, 0.15) is 18.5 Å². The summed E-state index contributed by atoms with van der Waals surface area (Å²) in [6, 6.07) is 8.99. The molecule has 0 spiro atoms. The molecule has 0 aliphatic rings. The minimum absolute atomic E-state index is 0.0896. The number of phenolic OH excluding ortho intramolecular Hbond substituents is 1. The molecule has 0 aromatic heterocycles. The summed E-state index contributed by atoms with van der Waals surface area (Å²) in [5, 5.41) is 13.4. The molecule has 2 N–H and O–H groups in total. The van der Waals surface area contributed by atoms with Crippen molar-refractivity contribution < 1.29 is 14.2 Å². The molecule has 0 aliphatic heterocycles. The lowest BCUT2D eigenvalue weighted by Gasteiger charge is -2.18. The lowest BCUT2D eigenvalue weighted by molar-refractivity contribution is 0.406. The molecule has 0 fully saturated rings. The van der Waals surface area contributed by atoms with Gasteiger partial charge in [-0.15, -0.1) is 0 Å². The number of hydrogen-bond acceptors (Lipinski definition) is 3. The van der Waals surface area contributed by atoms with Crippen LogP contribution >= 0.6 is 11.6 Å². The summed E-state index contributed by atoms with van der Waals surface area (Å²) in [5.74, 6) is 0.258. The van der Waals surface area contributed by atoms with Crippen LogP contribution < -0.4 is 10.1 Å². The first kappa shape index (κ1) is 14.5. The molecule has 0 saturated heterocycles. The Bertz CT molecular complexity index is 619. The third-order valence-corrected chi connectivity index (χ3v) is 3.24. The first-order valence-corrected chi connectivity index (χ1v) is 6.47. The molecule has 1 unspecified atom stereocenters. The van der Waals surface area contributed by atoms with Gasteiger partial charge in [0, 0.05) is 16.7 Å². The van der Waals surface area contributed by atoms with Gasteiger partial charge in [-0.2, -0.15) is 0 Å². The molecule has 0 heterocycles. The van der Waals surface area contributed by atoms with E-state index in [1.54, 1.807) is 12.1 Å². The van der Waals surface area contributed by atoms with Crippen LogP contribution in [-0.4, -0.2) is 12.2 Å². The number of benzene rings is 2. The molecule has 106 valence electrons. The first-order chi connectivity index (χ1) is 9.51. The molecule has 2 rings (SSSR count). The van der Waals surface area contributed by atoms with E-state index in [0.29, 0.717) is 22.0 Å². The van der Waals surface area contributed by atoms with Gasteiger partial charge in [-0.1, -0.05) is 11.6 Å². The van der Waals surface area contributed by atoms with Crippen LogP contribution in [0.2, 0.25) is 5.02 Å². The summed E-state index contributed by atoms with van der Waals surface area (Å²) in [5.41, 5.74) is 0.936. The van der Waals surface area contributed by atoms with Crippen molar-refractivity contribution in [2.45, 2.75) is 13.0 Å². The Morgan fingerprint density at radius 2 is 2.00 bits per heavy atom. The van der Waals surface area contributed by atoms with Crippen molar-refractivity contribution in [1.29, 1.82) is 0 Å². The van der Waals surface area contributed by atoms with Crippen molar-refractivity contribution in [3.8, 4) is 11.5 Å². The van der Waals surface area contributed by atoms with Gasteiger partial charge in [0.1, 0.15) is 17.3 Å². The van der Waals surface area contributed by atoms with Crippen LogP contribution in [0.25, 0.3) is 0 Å². The molecule has 1 atom stereocenters. The van der Waals surface area contributed by atoms with Gasteiger partial charge in [0.25, 0.3) is 0 Å². The van der Waals surface area contributed by atoms with E-state index in [-0.39, 0.29) is 11.8 Å². The smallest absolute Gasteiger partial charge is 0.146 e. The molecular formula is C15H15ClFNO2. The van der Waals surface area contributed by atoms with Crippen molar-refractivity contribution in [3.63, 3.8) is 0 Å². The maximum absolute atomic E-state index is 13.7. The summed E-state index contributed by atoms with van der Waals surface area (Å²) in [7, 11) is 1.53. The van der Waals surface area contributed by atoms with E-state index in [9.17, 15) is 9.50 Å². The lowest BCUT2D eigenvalue weighted by Crippen LogP contribution is -2.08. The van der Waals surface area contributed by atoms with Crippen LogP contribution in [0.5, 0.6) is 11.5 Å². The van der Waals surface area contributed by atoms with E-state index >= 15 is 0 Å². The summed E-state index contributed by atoms with van der Waals surface area (Å²) in [4.78, 5) is 0. The van der Waals surface area contributed by atoms with Gasteiger partial charge in [-0.3, -0.25) is 0 Å². The molecule has 3 nitrogen and oxygen atoms in total. The minimum Gasteiger partial charge on any atom is -0.507 e. The van der Waals surface area contributed by atoms with E-state index in [4.69, 9.17) is 16.3 Å². The molecule has 0 saturated carbocycles. The maximum Gasteiger partial charge on any atom is 0.146 e. The predicted octanol–water partition coefficient (Wildman–Crippen LogP) is 4.37. The van der Waals surface area contributed by atoms with E-state index in [2.05, 4.69) is 5.32 Å². The second-order valence-corrected chi connectivity index (χ2v) is 4.85. The molecule has 0 aliphatic carbocycles. The third-order valence-electron chi connectivity index (χ3n) is 3.00. The van der Waals surface area contributed by atoms with Crippen molar-refractivity contribution in [2.24, 2.45) is 0 Å². The average Bonchev–Trinajstić information content (AvgIpc) is 2.42. The Morgan fingerprint density at radius 1 is 1.25 bits per heavy atom. The van der Waals surface area contributed by atoms with Gasteiger partial charge in [0.05, 0.1) is 18.8 Å². The number of phenols is 1. The number of anilines is 1. The molecule has 20 heavy (non-hydrogen) atoms. The van der Waals surface area contributed by atoms with E-state index in [1.165, 1.54) is 31.4 Å². The number of ether oxygens (including phenoxy) is 1. The molecule has 5 heteroatoms. The highest BCUT2D eigenvalue weighted by molar-refractivity contribution is 6.30. The number of nitrogens with one attached hydrogen (secondary N) is 1. The van der Waals surface area contributed by atoms with E-state index < -0.39 is 5.82 Å². The molecule has 2 aromatic carbocycles. The molecule has 2 aromatic rings. The van der Waals surface area contributed by atoms with Crippen LogP contribution in [0.3, 0.4) is 0 Å². The molecule has 0 bridgehead atoms. The van der Waals surface area contributed by atoms with Crippen molar-refractivity contribution in [2.75, 3.05) is 12.4 Å². The van der Waals surface area contributed by atoms with E-state index in [1.807, 2.05) is 6.92 Å². The standard InChI is InChI=1S/C15H15ClFNO2/c1-9(12-5-4-11(20-2)8-15(12)19)18-14-7-10(16)3-6-13(14)17/h3-9,18-19H,1-2H3. The zero-order valence-corrected chi connectivity index (χ0v) is 11.9.